The molecule has 0 radical (unpaired) electrons. The van der Waals surface area contributed by atoms with E-state index in [1.807, 2.05) is 24.5 Å². The van der Waals surface area contributed by atoms with Crippen LogP contribution in [0.4, 0.5) is 5.69 Å². The maximum Gasteiger partial charge on any atom is 0.331 e. The molecule has 6 nitrogen and oxygen atoms in total. The Morgan fingerprint density at radius 1 is 1.29 bits per heavy atom. The number of carbonyl (C=O) groups excluding carboxylic acids is 1. The lowest BCUT2D eigenvalue weighted by atomic mass is 10.3. The maximum atomic E-state index is 12.0. The van der Waals surface area contributed by atoms with E-state index in [1.54, 1.807) is 17.8 Å². The fraction of sp³-hybridized carbons (Fsp3) is 0.214. The number of carbonyl (C=O) groups is 1. The minimum Gasteiger partial charge on any atom is -0.324 e. The molecule has 1 aromatic heterocycles. The minimum absolute atomic E-state index is 0.142. The van der Waals surface area contributed by atoms with Gasteiger partial charge in [0.2, 0.25) is 5.91 Å². The highest BCUT2D eigenvalue weighted by Gasteiger charge is 2.07. The molecule has 0 bridgehead atoms. The molecule has 0 aliphatic heterocycles. The van der Waals surface area contributed by atoms with E-state index in [9.17, 15) is 14.4 Å². The second kappa shape index (κ2) is 6.45. The van der Waals surface area contributed by atoms with E-state index in [0.717, 1.165) is 9.46 Å². The maximum absolute atomic E-state index is 12.0. The van der Waals surface area contributed by atoms with Crippen LogP contribution < -0.4 is 16.6 Å². The minimum atomic E-state index is -0.518. The number of amides is 1. The first-order valence-electron chi connectivity index (χ1n) is 6.21. The Morgan fingerprint density at radius 2 is 2.05 bits per heavy atom. The molecular weight excluding hydrogens is 290 g/mol. The third-order valence-corrected chi connectivity index (χ3v) is 3.65. The molecule has 0 unspecified atom stereocenters. The third-order valence-electron chi connectivity index (χ3n) is 2.93. The Labute approximate surface area is 125 Å². The predicted molar refractivity (Wildman–Crippen MR) is 82.8 cm³/mol. The van der Waals surface area contributed by atoms with Gasteiger partial charge in [-0.05, 0) is 24.5 Å². The summed E-state index contributed by atoms with van der Waals surface area (Å²) >= 11 is 1.58. The van der Waals surface area contributed by atoms with E-state index in [1.165, 1.54) is 23.9 Å². The van der Waals surface area contributed by atoms with Gasteiger partial charge in [0.15, 0.2) is 0 Å². The number of hydrogen-bond donors (Lipinski definition) is 1. The summed E-state index contributed by atoms with van der Waals surface area (Å²) in [4.78, 5) is 36.1. The Hall–Kier alpha value is -2.28. The highest BCUT2D eigenvalue weighted by atomic mass is 32.2. The molecular formula is C14H15N3O3S. The standard InChI is InChI=1S/C14H15N3O3S/c1-16-13(19)6-7-17(14(16)20)9-12(18)15-10-4-3-5-11(8-10)21-2/h3-8H,9H2,1-2H3,(H,15,18). The Balaban J connectivity index is 2.13. The van der Waals surface area contributed by atoms with E-state index in [-0.39, 0.29) is 12.5 Å². The molecule has 21 heavy (non-hydrogen) atoms. The lowest BCUT2D eigenvalue weighted by molar-refractivity contribution is -0.116. The molecule has 110 valence electrons. The molecule has 1 N–H and O–H groups in total. The van der Waals surface area contributed by atoms with Crippen LogP contribution in [0.2, 0.25) is 0 Å². The lowest BCUT2D eigenvalue weighted by Crippen LogP contribution is -2.38. The first-order chi connectivity index (χ1) is 10.0. The number of aromatic nitrogens is 2. The van der Waals surface area contributed by atoms with Crippen LogP contribution in [0.15, 0.2) is 51.0 Å². The largest absolute Gasteiger partial charge is 0.331 e. The van der Waals surface area contributed by atoms with Crippen LogP contribution in [-0.4, -0.2) is 21.3 Å². The second-order valence-electron chi connectivity index (χ2n) is 4.40. The molecule has 2 rings (SSSR count). The zero-order valence-corrected chi connectivity index (χ0v) is 12.5. The number of thioether (sulfide) groups is 1. The molecule has 1 aromatic carbocycles. The van der Waals surface area contributed by atoms with Crippen LogP contribution in [0, 0.1) is 0 Å². The summed E-state index contributed by atoms with van der Waals surface area (Å²) in [5.41, 5.74) is -0.246. The Bertz CT molecular complexity index is 780. The summed E-state index contributed by atoms with van der Waals surface area (Å²) in [6.45, 7) is -0.142. The normalized spacial score (nSPS) is 10.4. The lowest BCUT2D eigenvalue weighted by Gasteiger charge is -2.09. The van der Waals surface area contributed by atoms with Gasteiger partial charge in [-0.3, -0.25) is 18.7 Å². The molecule has 0 fully saturated rings. The quantitative estimate of drug-likeness (QED) is 0.852. The molecule has 2 aromatic rings. The average Bonchev–Trinajstić information content (AvgIpc) is 2.48. The van der Waals surface area contributed by atoms with Gasteiger partial charge in [0.1, 0.15) is 6.54 Å². The van der Waals surface area contributed by atoms with Crippen LogP contribution >= 0.6 is 11.8 Å². The topological polar surface area (TPSA) is 73.1 Å². The Morgan fingerprint density at radius 3 is 2.76 bits per heavy atom. The molecule has 0 saturated carbocycles. The average molecular weight is 305 g/mol. The Kier molecular flexibility index (Phi) is 4.64. The van der Waals surface area contributed by atoms with Gasteiger partial charge < -0.3 is 5.32 Å². The molecule has 0 atom stereocenters. The van der Waals surface area contributed by atoms with Crippen molar-refractivity contribution in [1.82, 2.24) is 9.13 Å². The first-order valence-corrected chi connectivity index (χ1v) is 7.44. The fourth-order valence-corrected chi connectivity index (χ4v) is 2.25. The van der Waals surface area contributed by atoms with E-state index in [0.29, 0.717) is 5.69 Å². The van der Waals surface area contributed by atoms with Crippen LogP contribution in [-0.2, 0) is 18.4 Å². The van der Waals surface area contributed by atoms with Crippen LogP contribution in [0.5, 0.6) is 0 Å². The van der Waals surface area contributed by atoms with Crippen molar-refractivity contribution in [3.05, 3.63) is 57.4 Å². The summed E-state index contributed by atoms with van der Waals surface area (Å²) in [5, 5.41) is 2.73. The van der Waals surface area contributed by atoms with E-state index < -0.39 is 11.2 Å². The first kappa shape index (κ1) is 15.1. The number of rotatable bonds is 4. The van der Waals surface area contributed by atoms with Gasteiger partial charge in [-0.2, -0.15) is 0 Å². The molecule has 0 spiro atoms. The molecule has 7 heteroatoms. The molecule has 0 saturated heterocycles. The second-order valence-corrected chi connectivity index (χ2v) is 5.28. The fourth-order valence-electron chi connectivity index (χ4n) is 1.79. The number of benzene rings is 1. The van der Waals surface area contributed by atoms with E-state index >= 15 is 0 Å². The molecule has 0 aliphatic carbocycles. The molecule has 1 amide bonds. The van der Waals surface area contributed by atoms with E-state index in [4.69, 9.17) is 0 Å². The molecule has 1 heterocycles. The van der Waals surface area contributed by atoms with Gasteiger partial charge >= 0.3 is 5.69 Å². The van der Waals surface area contributed by atoms with Crippen LogP contribution in [0.3, 0.4) is 0 Å². The van der Waals surface area contributed by atoms with Crippen molar-refractivity contribution in [2.75, 3.05) is 11.6 Å². The van der Waals surface area contributed by atoms with Crippen molar-refractivity contribution in [2.45, 2.75) is 11.4 Å². The summed E-state index contributed by atoms with van der Waals surface area (Å²) in [7, 11) is 1.38. The highest BCUT2D eigenvalue weighted by Crippen LogP contribution is 2.18. The summed E-state index contributed by atoms with van der Waals surface area (Å²) in [5.74, 6) is -0.325. The van der Waals surface area contributed by atoms with Crippen LogP contribution in [0.25, 0.3) is 0 Å². The van der Waals surface area contributed by atoms with Crippen molar-refractivity contribution in [3.8, 4) is 0 Å². The zero-order chi connectivity index (χ0) is 15.4. The highest BCUT2D eigenvalue weighted by molar-refractivity contribution is 7.98. The van der Waals surface area contributed by atoms with Crippen molar-refractivity contribution in [3.63, 3.8) is 0 Å². The number of anilines is 1. The zero-order valence-electron chi connectivity index (χ0n) is 11.7. The predicted octanol–water partition coefficient (Wildman–Crippen LogP) is 0.908. The summed E-state index contributed by atoms with van der Waals surface area (Å²) < 4.78 is 2.15. The van der Waals surface area contributed by atoms with Gasteiger partial charge in [0.25, 0.3) is 5.56 Å². The van der Waals surface area contributed by atoms with Crippen LogP contribution in [0.1, 0.15) is 0 Å². The monoisotopic (exact) mass is 305 g/mol. The molecule has 0 aliphatic rings. The third kappa shape index (κ3) is 3.63. The number of nitrogens with one attached hydrogen (secondary N) is 1. The summed E-state index contributed by atoms with van der Waals surface area (Å²) in [6.07, 6.45) is 3.27. The van der Waals surface area contributed by atoms with Crippen molar-refractivity contribution in [1.29, 1.82) is 0 Å². The number of nitrogens with zero attached hydrogens (tertiary/aromatic N) is 2. The van der Waals surface area contributed by atoms with Gasteiger partial charge in [0.05, 0.1) is 0 Å². The van der Waals surface area contributed by atoms with Crippen molar-refractivity contribution in [2.24, 2.45) is 7.05 Å². The van der Waals surface area contributed by atoms with E-state index in [2.05, 4.69) is 5.32 Å². The van der Waals surface area contributed by atoms with Gasteiger partial charge in [-0.1, -0.05) is 6.07 Å². The van der Waals surface area contributed by atoms with Crippen molar-refractivity contribution < 1.29 is 4.79 Å². The van der Waals surface area contributed by atoms with Gasteiger partial charge in [-0.25, -0.2) is 4.79 Å². The number of hydrogen-bond acceptors (Lipinski definition) is 4. The van der Waals surface area contributed by atoms with Gasteiger partial charge in [0, 0.05) is 29.9 Å². The van der Waals surface area contributed by atoms with Crippen molar-refractivity contribution >= 4 is 23.4 Å². The van der Waals surface area contributed by atoms with Gasteiger partial charge in [-0.15, -0.1) is 11.8 Å². The smallest absolute Gasteiger partial charge is 0.324 e. The SMILES string of the molecule is CSc1cccc(NC(=O)Cn2ccc(=O)n(C)c2=O)c1. The summed E-state index contributed by atoms with van der Waals surface area (Å²) in [6, 6.07) is 8.67.